The predicted octanol–water partition coefficient (Wildman–Crippen LogP) is 6.58. The summed E-state index contributed by atoms with van der Waals surface area (Å²) >= 11 is 6.38. The molecule has 0 amide bonds. The lowest BCUT2D eigenvalue weighted by Gasteiger charge is -2.25. The third-order valence-corrected chi connectivity index (χ3v) is 7.29. The second-order valence-electron chi connectivity index (χ2n) is 10.1. The first-order valence-electron chi connectivity index (χ1n) is 12.7. The molecule has 0 radical (unpaired) electrons. The van der Waals surface area contributed by atoms with E-state index in [0.717, 1.165) is 29.9 Å². The van der Waals surface area contributed by atoms with Gasteiger partial charge in [-0.2, -0.15) is 0 Å². The molecule has 1 aliphatic heterocycles. The molecule has 1 atom stereocenters. The van der Waals surface area contributed by atoms with Gasteiger partial charge in [0.2, 0.25) is 0 Å². The molecule has 0 saturated heterocycles. The number of allylic oxidation sites excluding steroid dienone is 3. The topological polar surface area (TPSA) is 38.4 Å². The van der Waals surface area contributed by atoms with Gasteiger partial charge in [0.15, 0.2) is 11.0 Å². The van der Waals surface area contributed by atoms with Crippen molar-refractivity contribution >= 4 is 40.4 Å². The highest BCUT2D eigenvalue weighted by atomic mass is 35.5. The Bertz CT molecular complexity index is 1370. The van der Waals surface area contributed by atoms with Crippen LogP contribution in [0.25, 0.3) is 17.1 Å². The monoisotopic (exact) mass is 506 g/mol. The molecule has 1 aromatic heterocycles. The lowest BCUT2D eigenvalue weighted by molar-refractivity contribution is -0.670. The summed E-state index contributed by atoms with van der Waals surface area (Å²) in [4.78, 5) is 14.0. The quantitative estimate of drug-likeness (QED) is 0.268. The zero-order chi connectivity index (χ0) is 26.2. The molecule has 1 unspecified atom stereocenters. The average Bonchev–Trinajstić information content (AvgIpc) is 3.20. The van der Waals surface area contributed by atoms with Gasteiger partial charge < -0.3 is 9.64 Å². The van der Waals surface area contributed by atoms with Crippen molar-refractivity contribution < 1.29 is 14.1 Å². The molecule has 2 heterocycles. The molecule has 0 fully saturated rings. The number of rotatable bonds is 7. The Morgan fingerprint density at radius 3 is 2.61 bits per heavy atom. The number of esters is 1. The minimum absolute atomic E-state index is 0.0908. The van der Waals surface area contributed by atoms with Gasteiger partial charge in [-0.05, 0) is 57.5 Å². The van der Waals surface area contributed by atoms with E-state index in [1.54, 1.807) is 0 Å². The zero-order valence-electron chi connectivity index (χ0n) is 22.4. The van der Waals surface area contributed by atoms with E-state index in [4.69, 9.17) is 16.3 Å². The Morgan fingerprint density at radius 1 is 1.19 bits per heavy atom. The molecule has 3 aromatic rings. The molecule has 36 heavy (non-hydrogen) atoms. The second kappa shape index (κ2) is 10.1. The van der Waals surface area contributed by atoms with E-state index in [9.17, 15) is 4.79 Å². The van der Waals surface area contributed by atoms with Crippen LogP contribution in [-0.4, -0.2) is 23.2 Å². The van der Waals surface area contributed by atoms with Gasteiger partial charge in [0.25, 0.3) is 5.82 Å². The molecular weight excluding hydrogens is 470 g/mol. The fourth-order valence-electron chi connectivity index (χ4n) is 5.47. The van der Waals surface area contributed by atoms with Crippen molar-refractivity contribution in [2.24, 2.45) is 0 Å². The van der Waals surface area contributed by atoms with Crippen LogP contribution in [0.3, 0.4) is 0 Å². The number of ether oxygens (including phenoxy) is 1. The van der Waals surface area contributed by atoms with Crippen LogP contribution in [0.5, 0.6) is 0 Å². The molecule has 0 bridgehead atoms. The van der Waals surface area contributed by atoms with Crippen LogP contribution < -0.4 is 9.47 Å². The maximum absolute atomic E-state index is 11.6. The number of halogens is 1. The van der Waals surface area contributed by atoms with Gasteiger partial charge >= 0.3 is 5.97 Å². The SMILES string of the molecule is CCN1C(=CC=Cc2n(CC(C)OC(C)=O)c3cc(Cl)ccc3[n+]2CC)C(C)(C)c2cc(C)ccc21. The van der Waals surface area contributed by atoms with Crippen LogP contribution in [0.4, 0.5) is 5.69 Å². The maximum atomic E-state index is 11.6. The predicted molar refractivity (Wildman–Crippen MR) is 148 cm³/mol. The summed E-state index contributed by atoms with van der Waals surface area (Å²) in [5, 5.41) is 0.682. The van der Waals surface area contributed by atoms with E-state index >= 15 is 0 Å². The van der Waals surface area contributed by atoms with E-state index in [2.05, 4.69) is 91.1 Å². The number of carbonyl (C=O) groups excluding carboxylic acids is 1. The Kier molecular flexibility index (Phi) is 7.33. The van der Waals surface area contributed by atoms with Crippen molar-refractivity contribution in [3.05, 3.63) is 76.2 Å². The minimum Gasteiger partial charge on any atom is -0.459 e. The van der Waals surface area contributed by atoms with Gasteiger partial charge in [0.05, 0.1) is 6.54 Å². The number of carbonyl (C=O) groups is 1. The first kappa shape index (κ1) is 26.0. The summed E-state index contributed by atoms with van der Waals surface area (Å²) in [6.45, 7) is 16.7. The Morgan fingerprint density at radius 2 is 1.94 bits per heavy atom. The summed E-state index contributed by atoms with van der Waals surface area (Å²) in [5.41, 5.74) is 7.25. The van der Waals surface area contributed by atoms with Crippen molar-refractivity contribution in [1.29, 1.82) is 0 Å². The standard InChI is InChI=1S/C30H37ClN3O2/c1-8-32-25-15-13-20(3)17-24(25)30(6,7)28(32)11-10-12-29-33(9-2)26-16-14-23(31)18-27(26)34(29)19-21(4)36-22(5)35/h10-18,21H,8-9,19H2,1-7H3/q+1. The van der Waals surface area contributed by atoms with Gasteiger partial charge in [0, 0.05) is 47.4 Å². The number of aromatic nitrogens is 2. The van der Waals surface area contributed by atoms with Crippen molar-refractivity contribution in [3.63, 3.8) is 0 Å². The average molecular weight is 507 g/mol. The van der Waals surface area contributed by atoms with E-state index in [-0.39, 0.29) is 17.5 Å². The van der Waals surface area contributed by atoms with Crippen LogP contribution >= 0.6 is 11.6 Å². The minimum atomic E-state index is -0.278. The highest BCUT2D eigenvalue weighted by Gasteiger charge is 2.39. The largest absolute Gasteiger partial charge is 0.459 e. The Hall–Kier alpha value is -3.05. The molecule has 190 valence electrons. The number of anilines is 1. The summed E-state index contributed by atoms with van der Waals surface area (Å²) in [6, 6.07) is 12.7. The van der Waals surface area contributed by atoms with Crippen molar-refractivity contribution in [3.8, 4) is 0 Å². The number of hydrogen-bond donors (Lipinski definition) is 0. The van der Waals surface area contributed by atoms with Crippen molar-refractivity contribution in [2.45, 2.75) is 73.1 Å². The lowest BCUT2D eigenvalue weighted by atomic mass is 9.83. The molecule has 2 aromatic carbocycles. The van der Waals surface area contributed by atoms with Crippen LogP contribution in [-0.2, 0) is 28.0 Å². The fraction of sp³-hybridized carbons (Fsp3) is 0.400. The number of benzene rings is 2. The van der Waals surface area contributed by atoms with Gasteiger partial charge in [-0.25, -0.2) is 9.13 Å². The number of fused-ring (bicyclic) bond motifs is 2. The third-order valence-electron chi connectivity index (χ3n) is 7.06. The molecule has 1 aliphatic rings. The number of hydrogen-bond acceptors (Lipinski definition) is 3. The smallest absolute Gasteiger partial charge is 0.303 e. The zero-order valence-corrected chi connectivity index (χ0v) is 23.2. The third kappa shape index (κ3) is 4.69. The fourth-order valence-corrected chi connectivity index (χ4v) is 5.64. The summed E-state index contributed by atoms with van der Waals surface area (Å²) < 4.78 is 9.95. The first-order valence-corrected chi connectivity index (χ1v) is 13.1. The Balaban J connectivity index is 1.80. The second-order valence-corrected chi connectivity index (χ2v) is 10.5. The molecular formula is C30H37ClN3O2+. The number of nitrogens with zero attached hydrogens (tertiary/aromatic N) is 3. The number of aryl methyl sites for hydroxylation is 2. The van der Waals surface area contributed by atoms with Gasteiger partial charge in [-0.3, -0.25) is 4.79 Å². The molecule has 0 spiro atoms. The van der Waals surface area contributed by atoms with E-state index < -0.39 is 0 Å². The highest BCUT2D eigenvalue weighted by molar-refractivity contribution is 6.31. The molecule has 0 saturated carbocycles. The van der Waals surface area contributed by atoms with Gasteiger partial charge in [0.1, 0.15) is 12.6 Å². The summed E-state index contributed by atoms with van der Waals surface area (Å²) in [6.07, 6.45) is 6.27. The summed E-state index contributed by atoms with van der Waals surface area (Å²) in [5.74, 6) is 0.762. The molecule has 4 rings (SSSR count). The van der Waals surface area contributed by atoms with Crippen LogP contribution in [0.2, 0.25) is 5.02 Å². The van der Waals surface area contributed by atoms with Crippen molar-refractivity contribution in [1.82, 2.24) is 4.57 Å². The molecule has 6 heteroatoms. The maximum Gasteiger partial charge on any atom is 0.303 e. The van der Waals surface area contributed by atoms with Crippen LogP contribution in [0.1, 0.15) is 58.5 Å². The normalized spacial score (nSPS) is 16.8. The number of likely N-dealkylation sites (N-methyl/N-ethyl adjacent to an activating group) is 1. The first-order chi connectivity index (χ1) is 17.1. The number of imidazole rings is 1. The molecule has 0 aliphatic carbocycles. The molecule has 5 nitrogen and oxygen atoms in total. The molecule has 0 N–H and O–H groups in total. The summed E-state index contributed by atoms with van der Waals surface area (Å²) in [7, 11) is 0. The van der Waals surface area contributed by atoms with Gasteiger partial charge in [-0.1, -0.05) is 49.2 Å². The van der Waals surface area contributed by atoms with E-state index in [1.807, 2.05) is 19.1 Å². The van der Waals surface area contributed by atoms with Crippen LogP contribution in [0, 0.1) is 6.92 Å². The van der Waals surface area contributed by atoms with Crippen LogP contribution in [0.15, 0.2) is 54.2 Å². The van der Waals surface area contributed by atoms with E-state index in [0.29, 0.717) is 11.6 Å². The highest BCUT2D eigenvalue weighted by Crippen LogP contribution is 2.47. The van der Waals surface area contributed by atoms with E-state index in [1.165, 1.54) is 29.4 Å². The van der Waals surface area contributed by atoms with Crippen molar-refractivity contribution in [2.75, 3.05) is 11.4 Å². The van der Waals surface area contributed by atoms with Gasteiger partial charge in [-0.15, -0.1) is 0 Å². The Labute approximate surface area is 219 Å². The lowest BCUT2D eigenvalue weighted by Crippen LogP contribution is -2.35.